The van der Waals surface area contributed by atoms with E-state index in [0.29, 0.717) is 5.92 Å². The lowest BCUT2D eigenvalue weighted by Gasteiger charge is -2.51. The van der Waals surface area contributed by atoms with Crippen LogP contribution in [0.1, 0.15) is 27.2 Å². The van der Waals surface area contributed by atoms with Gasteiger partial charge in [-0.15, -0.1) is 134 Å². The third kappa shape index (κ3) is 20.8. The molecule has 0 saturated carbocycles. The van der Waals surface area contributed by atoms with Crippen molar-refractivity contribution in [1.82, 2.24) is 0 Å². The van der Waals surface area contributed by atoms with Crippen LogP contribution in [0.4, 0.5) is 0 Å². The van der Waals surface area contributed by atoms with E-state index < -0.39 is 0 Å². The molecule has 0 rings (SSSR count). The van der Waals surface area contributed by atoms with E-state index in [2.05, 4.69) is 148 Å². The molecule has 224 valence electrons. The molecule has 0 aromatic carbocycles. The number of carbonyl (C=O) groups excluding carboxylic acids is 1. The van der Waals surface area contributed by atoms with Crippen LogP contribution < -0.4 is 0 Å². The Morgan fingerprint density at radius 3 is 1.03 bits per heavy atom. The minimum atomic E-state index is -0.0415. The lowest BCUT2D eigenvalue weighted by atomic mass is 9.95. The molecule has 20 atom stereocenters. The quantitative estimate of drug-likeness (QED) is 0.111. The van der Waals surface area contributed by atoms with Crippen molar-refractivity contribution in [1.29, 1.82) is 0 Å². The molecule has 18 unspecified atom stereocenters. The van der Waals surface area contributed by atoms with Crippen LogP contribution in [0.2, 0.25) is 0 Å². The average Bonchev–Trinajstić information content (AvgIpc) is 2.75. The van der Waals surface area contributed by atoms with E-state index in [-0.39, 0.29) is 96.8 Å². The van der Waals surface area contributed by atoms with Gasteiger partial charge in [0.25, 0.3) is 0 Å². The summed E-state index contributed by atoms with van der Waals surface area (Å²) in [7, 11) is 50.2. The Morgan fingerprint density at radius 2 is 0.865 bits per heavy atom. The first-order chi connectivity index (χ1) is 16.9. The van der Waals surface area contributed by atoms with Crippen LogP contribution >= 0.6 is 233 Å². The van der Waals surface area contributed by atoms with Gasteiger partial charge in [-0.1, -0.05) is 35.1 Å². The first-order valence-corrected chi connectivity index (χ1v) is 61.9. The summed E-state index contributed by atoms with van der Waals surface area (Å²) in [6.07, 6.45) is 2.12. The van der Waals surface area contributed by atoms with E-state index in [1.54, 1.807) is 0 Å². The number of aldehydes is 1. The van der Waals surface area contributed by atoms with Gasteiger partial charge in [0.15, 0.2) is 0 Å². The fraction of sp³-hybridized carbons (Fsp3) is 0.857. The van der Waals surface area contributed by atoms with Crippen molar-refractivity contribution in [2.75, 3.05) is 0 Å². The van der Waals surface area contributed by atoms with Crippen LogP contribution in [0, 0.1) is 11.8 Å². The lowest BCUT2D eigenvalue weighted by Crippen LogP contribution is -2.06. The third-order valence-corrected chi connectivity index (χ3v) is 195. The molecule has 0 aliphatic rings. The van der Waals surface area contributed by atoms with Crippen molar-refractivity contribution in [2.45, 2.75) is 27.2 Å². The molecule has 0 bridgehead atoms. The van der Waals surface area contributed by atoms with E-state index >= 15 is 0 Å². The Hall–Kier alpha value is 12.1. The summed E-state index contributed by atoms with van der Waals surface area (Å²) in [6.45, 7) is 6.33. The standard InChI is InChI=1S/C7H14O.H31P29/c1-4-6(2)7(3)5-8;1-16-24(17(2)3)28(25(18(4)5)19(6)7)29(26(20(8)9)21(10)11)27(22(12)13)23(14)15/h5-7H,4H2,1-3H3;16H,1-15H2/t6-,7-;/m0./s1. The van der Waals surface area contributed by atoms with Crippen molar-refractivity contribution < 1.29 is 4.79 Å². The van der Waals surface area contributed by atoms with Gasteiger partial charge in [-0.3, -0.25) is 0 Å². The van der Waals surface area contributed by atoms with Crippen LogP contribution in [0.3, 0.4) is 0 Å². The molecule has 37 heavy (non-hydrogen) atoms. The largest absolute Gasteiger partial charge is 0.303 e. The number of hydrogen-bond donors (Lipinski definition) is 0. The van der Waals surface area contributed by atoms with Crippen LogP contribution in [0.15, 0.2) is 0 Å². The van der Waals surface area contributed by atoms with Gasteiger partial charge in [0.05, 0.1) is 0 Å². The van der Waals surface area contributed by atoms with E-state index in [1.165, 1.54) is 0 Å². The molecule has 0 radical (unpaired) electrons. The molecule has 0 spiro atoms. The normalized spacial score (nSPS) is 16.6. The van der Waals surface area contributed by atoms with Crippen molar-refractivity contribution >= 4 is 239 Å². The van der Waals surface area contributed by atoms with Gasteiger partial charge in [-0.2, -0.15) is 0 Å². The summed E-state index contributed by atoms with van der Waals surface area (Å²) in [5, 5.41) is 0. The highest BCUT2D eigenvalue weighted by molar-refractivity contribution is 9.43. The van der Waals surface area contributed by atoms with Gasteiger partial charge >= 0.3 is 0 Å². The van der Waals surface area contributed by atoms with Gasteiger partial charge in [-0.25, -0.2) is 0 Å². The van der Waals surface area contributed by atoms with Gasteiger partial charge in [0.2, 0.25) is 0 Å². The summed E-state index contributed by atoms with van der Waals surface area (Å²) >= 11 is 0. The van der Waals surface area contributed by atoms with Crippen molar-refractivity contribution in [2.24, 2.45) is 11.8 Å². The molecule has 0 aromatic heterocycles. The Kier molecular flexibility index (Phi) is 41.0. The fourth-order valence-corrected chi connectivity index (χ4v) is 380. The zero-order valence-corrected chi connectivity index (χ0v) is 50.8. The van der Waals surface area contributed by atoms with Gasteiger partial charge in [-0.05, 0) is 96.8 Å². The van der Waals surface area contributed by atoms with Crippen LogP contribution in [-0.4, -0.2) is 6.29 Å². The molecular formula is C7H45OP29. The van der Waals surface area contributed by atoms with E-state index in [4.69, 9.17) is 0 Å². The predicted molar refractivity (Wildman–Crippen MR) is 279 cm³/mol. The molecule has 0 fully saturated rings. The van der Waals surface area contributed by atoms with Crippen molar-refractivity contribution in [3.8, 4) is 0 Å². The van der Waals surface area contributed by atoms with Crippen LogP contribution in [-0.2, 0) is 4.79 Å². The lowest BCUT2D eigenvalue weighted by molar-refractivity contribution is -0.111. The molecule has 30 heteroatoms. The number of hydrogen-bond acceptors (Lipinski definition) is 1. The topological polar surface area (TPSA) is 17.1 Å². The Labute approximate surface area is 280 Å². The number of rotatable bonds is 16. The van der Waals surface area contributed by atoms with Crippen molar-refractivity contribution in [3.05, 3.63) is 0 Å². The van der Waals surface area contributed by atoms with Crippen LogP contribution in [0.25, 0.3) is 0 Å². The highest BCUT2D eigenvalue weighted by Crippen LogP contribution is 3.37. The first kappa shape index (κ1) is 51.2. The van der Waals surface area contributed by atoms with E-state index in [1.807, 2.05) is 6.92 Å². The van der Waals surface area contributed by atoms with E-state index in [9.17, 15) is 4.79 Å². The zero-order valence-electron chi connectivity index (χ0n) is 20.8. The smallest absolute Gasteiger partial charge is 0.123 e. The van der Waals surface area contributed by atoms with Gasteiger partial charge < -0.3 is 4.79 Å². The zero-order chi connectivity index (χ0) is 29.8. The number of carbonyl (C=O) groups is 1. The summed E-state index contributed by atoms with van der Waals surface area (Å²) in [6, 6.07) is 0. The molecule has 1 nitrogen and oxygen atoms in total. The molecular weight excluding hydrogens is 998 g/mol. The average molecular weight is 1040 g/mol. The molecule has 0 aromatic rings. The van der Waals surface area contributed by atoms with E-state index in [0.717, 1.165) is 20.7 Å². The van der Waals surface area contributed by atoms with Gasteiger partial charge in [0.1, 0.15) is 6.29 Å². The summed E-state index contributed by atoms with van der Waals surface area (Å²) in [5.74, 6) is 0.785. The maximum absolute atomic E-state index is 10.1. The molecule has 0 amide bonds. The molecule has 0 aliphatic heterocycles. The maximum atomic E-state index is 10.1. The minimum absolute atomic E-state index is 0.0147. The predicted octanol–water partition coefficient (Wildman–Crippen LogP) is 18.5. The molecule has 0 saturated heterocycles. The molecule has 0 aliphatic carbocycles. The monoisotopic (exact) mass is 1040 g/mol. The van der Waals surface area contributed by atoms with Gasteiger partial charge in [0, 0.05) is 5.92 Å². The summed E-state index contributed by atoms with van der Waals surface area (Å²) < 4.78 is 0. The Balaban J connectivity index is 0. The molecule has 0 N–H and O–H groups in total. The second kappa shape index (κ2) is 29.6. The Bertz CT molecular complexity index is 537. The minimum Gasteiger partial charge on any atom is -0.303 e. The third-order valence-electron chi connectivity index (χ3n) is 4.14. The summed E-state index contributed by atoms with van der Waals surface area (Å²) in [4.78, 5) is 10.1. The summed E-state index contributed by atoms with van der Waals surface area (Å²) in [5.41, 5.74) is 0. The fourth-order valence-electron chi connectivity index (χ4n) is 2.07. The second-order valence-electron chi connectivity index (χ2n) is 6.80. The first-order valence-electron chi connectivity index (χ1n) is 9.70. The van der Waals surface area contributed by atoms with Crippen molar-refractivity contribution in [3.63, 3.8) is 0 Å². The second-order valence-corrected chi connectivity index (χ2v) is 122. The Morgan fingerprint density at radius 1 is 0.568 bits per heavy atom. The van der Waals surface area contributed by atoms with Crippen LogP contribution in [0.5, 0.6) is 0 Å². The highest BCUT2D eigenvalue weighted by Gasteiger charge is 2.49. The molecule has 0 heterocycles. The maximum Gasteiger partial charge on any atom is 0.123 e. The SMILES string of the molecule is CC[C@H](C)[C@@H](C)C=O.PPP(P(P)P)P(P(P(P)P)P(P)P)P(P(P(P)P)P(P)P)P(P(P)P)P(P)P. The highest BCUT2D eigenvalue weighted by atomic mass is 33.5.